The van der Waals surface area contributed by atoms with Crippen LogP contribution in [0.1, 0.15) is 48.3 Å². The molecule has 0 saturated heterocycles. The quantitative estimate of drug-likeness (QED) is 0.855. The maximum Gasteiger partial charge on any atom is 0.283 e. The summed E-state index contributed by atoms with van der Waals surface area (Å²) in [7, 11) is 0. The second-order valence-electron chi connectivity index (χ2n) is 5.70. The van der Waals surface area contributed by atoms with Crippen molar-refractivity contribution in [3.63, 3.8) is 0 Å². The molecule has 0 aliphatic heterocycles. The van der Waals surface area contributed by atoms with Crippen LogP contribution in [0, 0.1) is 6.92 Å². The van der Waals surface area contributed by atoms with Gasteiger partial charge in [0.15, 0.2) is 0 Å². The minimum atomic E-state index is -0.192. The van der Waals surface area contributed by atoms with E-state index >= 15 is 0 Å². The Hall–Kier alpha value is -2.30. The molecular weight excluding hydrogens is 276 g/mol. The van der Waals surface area contributed by atoms with Crippen LogP contribution in [0.25, 0.3) is 0 Å². The van der Waals surface area contributed by atoms with Gasteiger partial charge in [0.25, 0.3) is 5.91 Å². The molecule has 3 rings (SSSR count). The zero-order valence-corrected chi connectivity index (χ0v) is 12.8. The summed E-state index contributed by atoms with van der Waals surface area (Å²) in [5.74, 6) is -0.192. The van der Waals surface area contributed by atoms with E-state index in [4.69, 9.17) is 4.99 Å². The smallest absolute Gasteiger partial charge is 0.266 e. The van der Waals surface area contributed by atoms with Gasteiger partial charge >= 0.3 is 0 Å². The third kappa shape index (κ3) is 3.30. The number of carbonyl (C=O) groups excluding carboxylic acids is 1. The van der Waals surface area contributed by atoms with E-state index in [-0.39, 0.29) is 5.91 Å². The zero-order valence-electron chi connectivity index (χ0n) is 12.8. The minimum absolute atomic E-state index is 0.192. The van der Waals surface area contributed by atoms with E-state index < -0.39 is 0 Å². The van der Waals surface area contributed by atoms with Crippen molar-refractivity contribution in [3.05, 3.63) is 53.7 Å². The Balaban J connectivity index is 1.95. The summed E-state index contributed by atoms with van der Waals surface area (Å²) in [5.41, 5.74) is 1.82. The van der Waals surface area contributed by atoms with E-state index in [1.165, 1.54) is 25.5 Å². The highest BCUT2D eigenvalue weighted by molar-refractivity contribution is 5.93. The average molecular weight is 296 g/mol. The molecule has 1 aliphatic carbocycles. The van der Waals surface area contributed by atoms with Crippen LogP contribution in [0.5, 0.6) is 0 Å². The normalized spacial score (nSPS) is 16.7. The maximum atomic E-state index is 12.6. The third-order valence-electron chi connectivity index (χ3n) is 3.95. The summed E-state index contributed by atoms with van der Waals surface area (Å²) in [6.45, 7) is 1.85. The lowest BCUT2D eigenvalue weighted by atomic mass is 9.96. The Morgan fingerprint density at radius 1 is 1.18 bits per heavy atom. The highest BCUT2D eigenvalue weighted by Gasteiger charge is 2.14. The van der Waals surface area contributed by atoms with Crippen molar-refractivity contribution in [2.75, 3.05) is 0 Å². The topological polar surface area (TPSA) is 60.1 Å². The second kappa shape index (κ2) is 6.64. The maximum absolute atomic E-state index is 12.6. The second-order valence-corrected chi connectivity index (χ2v) is 5.70. The molecule has 0 spiro atoms. The molecule has 1 aliphatic rings. The van der Waals surface area contributed by atoms with Crippen molar-refractivity contribution in [3.8, 4) is 0 Å². The summed E-state index contributed by atoms with van der Waals surface area (Å²) in [4.78, 5) is 25.7. The Kier molecular flexibility index (Phi) is 4.42. The Labute approximate surface area is 129 Å². The number of rotatable bonds is 2. The predicted molar refractivity (Wildman–Crippen MR) is 83.4 cm³/mol. The van der Waals surface area contributed by atoms with E-state index in [0.29, 0.717) is 17.2 Å². The molecule has 0 radical (unpaired) electrons. The van der Waals surface area contributed by atoms with Gasteiger partial charge in [0.05, 0.1) is 17.9 Å². The molecule has 1 fully saturated rings. The molecule has 2 heterocycles. The third-order valence-corrected chi connectivity index (χ3v) is 3.95. The Bertz CT molecular complexity index is 712. The SMILES string of the molecule is Cc1cnc(C(=O)n2ccccc2=NC2CCCCC2)cn1. The fraction of sp³-hybridized carbons (Fsp3) is 0.412. The van der Waals surface area contributed by atoms with Gasteiger partial charge in [-0.2, -0.15) is 0 Å². The highest BCUT2D eigenvalue weighted by atomic mass is 16.2. The van der Waals surface area contributed by atoms with Crippen LogP contribution in [-0.4, -0.2) is 26.5 Å². The fourth-order valence-corrected chi connectivity index (χ4v) is 2.73. The average Bonchev–Trinajstić information content (AvgIpc) is 2.56. The zero-order chi connectivity index (χ0) is 15.4. The molecule has 5 nitrogen and oxygen atoms in total. The van der Waals surface area contributed by atoms with Gasteiger partial charge in [0.2, 0.25) is 0 Å². The lowest BCUT2D eigenvalue weighted by Gasteiger charge is -2.17. The summed E-state index contributed by atoms with van der Waals surface area (Å²) >= 11 is 0. The molecule has 0 amide bonds. The van der Waals surface area contributed by atoms with Crippen LogP contribution in [0.3, 0.4) is 0 Å². The lowest BCUT2D eigenvalue weighted by Crippen LogP contribution is -2.29. The molecule has 0 bridgehead atoms. The van der Waals surface area contributed by atoms with Gasteiger partial charge < -0.3 is 0 Å². The van der Waals surface area contributed by atoms with Crippen LogP contribution in [-0.2, 0) is 0 Å². The number of hydrogen-bond acceptors (Lipinski definition) is 4. The van der Waals surface area contributed by atoms with E-state index in [9.17, 15) is 4.79 Å². The van der Waals surface area contributed by atoms with E-state index in [1.54, 1.807) is 17.0 Å². The highest BCUT2D eigenvalue weighted by Crippen LogP contribution is 2.19. The molecule has 0 atom stereocenters. The molecule has 0 aromatic carbocycles. The van der Waals surface area contributed by atoms with E-state index in [2.05, 4.69) is 9.97 Å². The van der Waals surface area contributed by atoms with Crippen LogP contribution < -0.4 is 5.49 Å². The van der Waals surface area contributed by atoms with Crippen molar-refractivity contribution in [1.29, 1.82) is 0 Å². The molecule has 22 heavy (non-hydrogen) atoms. The standard InChI is InChI=1S/C17H20N4O/c1-13-11-19-15(12-18-13)17(22)21-10-6-5-9-16(21)20-14-7-3-2-4-8-14/h5-6,9-12,14H,2-4,7-8H2,1H3. The van der Waals surface area contributed by atoms with Gasteiger partial charge in [-0.25, -0.2) is 4.98 Å². The van der Waals surface area contributed by atoms with Crippen molar-refractivity contribution in [2.24, 2.45) is 4.99 Å². The van der Waals surface area contributed by atoms with Gasteiger partial charge in [-0.05, 0) is 31.9 Å². The number of nitrogens with zero attached hydrogens (tertiary/aromatic N) is 4. The number of aryl methyl sites for hydroxylation is 1. The summed E-state index contributed by atoms with van der Waals surface area (Å²) in [6.07, 6.45) is 10.8. The number of aromatic nitrogens is 3. The van der Waals surface area contributed by atoms with Crippen LogP contribution >= 0.6 is 0 Å². The first-order chi connectivity index (χ1) is 10.7. The number of carbonyl (C=O) groups is 1. The lowest BCUT2D eigenvalue weighted by molar-refractivity contribution is 0.0949. The predicted octanol–water partition coefficient (Wildman–Crippen LogP) is 2.51. The Morgan fingerprint density at radius 3 is 2.73 bits per heavy atom. The fourth-order valence-electron chi connectivity index (χ4n) is 2.73. The monoisotopic (exact) mass is 296 g/mol. The van der Waals surface area contributed by atoms with Crippen LogP contribution in [0.15, 0.2) is 41.8 Å². The van der Waals surface area contributed by atoms with Gasteiger partial charge in [0.1, 0.15) is 11.2 Å². The van der Waals surface area contributed by atoms with Crippen molar-refractivity contribution in [1.82, 2.24) is 14.5 Å². The molecule has 114 valence electrons. The molecule has 1 saturated carbocycles. The first-order valence-electron chi connectivity index (χ1n) is 7.79. The molecule has 0 unspecified atom stereocenters. The van der Waals surface area contributed by atoms with Crippen molar-refractivity contribution in [2.45, 2.75) is 45.1 Å². The van der Waals surface area contributed by atoms with Gasteiger partial charge in [-0.1, -0.05) is 25.3 Å². The molecule has 2 aromatic heterocycles. The molecular formula is C17H20N4O. The van der Waals surface area contributed by atoms with Gasteiger partial charge in [-0.15, -0.1) is 0 Å². The summed E-state index contributed by atoms with van der Waals surface area (Å²) in [6, 6.07) is 5.94. The van der Waals surface area contributed by atoms with Gasteiger partial charge in [-0.3, -0.25) is 19.3 Å². The molecule has 2 aromatic rings. The van der Waals surface area contributed by atoms with Crippen LogP contribution in [0.2, 0.25) is 0 Å². The molecule has 5 heteroatoms. The minimum Gasteiger partial charge on any atom is -0.266 e. The number of hydrogen-bond donors (Lipinski definition) is 0. The van der Waals surface area contributed by atoms with Gasteiger partial charge in [0, 0.05) is 12.4 Å². The Morgan fingerprint density at radius 2 is 2.00 bits per heavy atom. The first-order valence-corrected chi connectivity index (χ1v) is 7.79. The molecule has 0 N–H and O–H groups in total. The van der Waals surface area contributed by atoms with Crippen LogP contribution in [0.4, 0.5) is 0 Å². The van der Waals surface area contributed by atoms with Crippen molar-refractivity contribution < 1.29 is 4.79 Å². The van der Waals surface area contributed by atoms with Crippen molar-refractivity contribution >= 4 is 5.91 Å². The first kappa shape index (κ1) is 14.6. The largest absolute Gasteiger partial charge is 0.283 e. The van der Waals surface area contributed by atoms with E-state index in [1.807, 2.05) is 25.1 Å². The van der Waals surface area contributed by atoms with E-state index in [0.717, 1.165) is 18.5 Å². The summed E-state index contributed by atoms with van der Waals surface area (Å²) in [5, 5.41) is 0. The summed E-state index contributed by atoms with van der Waals surface area (Å²) < 4.78 is 1.56. The number of pyridine rings is 1.